The van der Waals surface area contributed by atoms with Crippen molar-refractivity contribution in [1.82, 2.24) is 0 Å². The van der Waals surface area contributed by atoms with Gasteiger partial charge in [0.15, 0.2) is 0 Å². The van der Waals surface area contributed by atoms with Gasteiger partial charge < -0.3 is 0 Å². The highest BCUT2D eigenvalue weighted by Gasteiger charge is 2.19. The Morgan fingerprint density at radius 2 is 1.81 bits per heavy atom. The Morgan fingerprint density at radius 3 is 2.25 bits per heavy atom. The summed E-state index contributed by atoms with van der Waals surface area (Å²) in [5.41, 5.74) is 0.503. The average Bonchev–Trinajstić information content (AvgIpc) is 2.26. The van der Waals surface area contributed by atoms with Crippen molar-refractivity contribution in [1.29, 1.82) is 0 Å². The second kappa shape index (κ2) is 4.94. The van der Waals surface area contributed by atoms with Crippen molar-refractivity contribution < 1.29 is 8.42 Å². The predicted octanol–water partition coefficient (Wildman–Crippen LogP) is 3.11. The minimum Gasteiger partial charge on any atom is -0.219 e. The summed E-state index contributed by atoms with van der Waals surface area (Å²) < 4.78 is 24.4. The summed E-state index contributed by atoms with van der Waals surface area (Å²) in [4.78, 5) is 0.472. The van der Waals surface area contributed by atoms with Crippen LogP contribution in [0.2, 0.25) is 0 Å². The number of hydrogen-bond acceptors (Lipinski definition) is 2. The fourth-order valence-electron chi connectivity index (χ4n) is 1.29. The molecule has 0 atom stereocenters. The first-order chi connectivity index (χ1) is 7.50. The Morgan fingerprint density at radius 1 is 1.25 bits per heavy atom. The van der Waals surface area contributed by atoms with Gasteiger partial charge in [-0.1, -0.05) is 37.4 Å². The Kier molecular flexibility index (Phi) is 3.85. The minimum absolute atomic E-state index is 0.203. The van der Waals surface area contributed by atoms with E-state index in [4.69, 9.17) is 0 Å². The van der Waals surface area contributed by atoms with Gasteiger partial charge in [-0.05, 0) is 30.7 Å². The monoisotopic (exact) mass is 234 g/mol. The second-order valence-electron chi connectivity index (χ2n) is 3.36. The van der Waals surface area contributed by atoms with Gasteiger partial charge in [0.2, 0.25) is 9.84 Å². The molecule has 0 radical (unpaired) electrons. The fourth-order valence-corrected chi connectivity index (χ4v) is 2.80. The summed E-state index contributed by atoms with van der Waals surface area (Å²) in [5, 5.41) is 0. The molecule has 1 aromatic rings. The maximum Gasteiger partial charge on any atom is 0.206 e. The van der Waals surface area contributed by atoms with Gasteiger partial charge in [-0.15, -0.1) is 0 Å². The Labute approximate surface area is 96.5 Å². The van der Waals surface area contributed by atoms with Crippen molar-refractivity contribution in [2.24, 2.45) is 0 Å². The number of allylic oxidation sites excluding steroid dienone is 3. The van der Waals surface area contributed by atoms with Crippen LogP contribution in [0.5, 0.6) is 0 Å². The number of benzene rings is 1. The van der Waals surface area contributed by atoms with Gasteiger partial charge in [0.1, 0.15) is 0 Å². The van der Waals surface area contributed by atoms with E-state index < -0.39 is 9.84 Å². The lowest BCUT2D eigenvalue weighted by Gasteiger charge is -2.08. The zero-order chi connectivity index (χ0) is 12.2. The maximum absolute atomic E-state index is 12.2. The number of rotatable bonds is 4. The third-order valence-electron chi connectivity index (χ3n) is 2.03. The molecule has 1 aromatic carbocycles. The van der Waals surface area contributed by atoms with E-state index in [2.05, 4.69) is 13.2 Å². The topological polar surface area (TPSA) is 34.1 Å². The van der Waals surface area contributed by atoms with Gasteiger partial charge in [-0.3, -0.25) is 0 Å². The predicted molar refractivity (Wildman–Crippen MR) is 66.7 cm³/mol. The summed E-state index contributed by atoms with van der Waals surface area (Å²) in [7, 11) is -3.47. The fraction of sp³-hybridized carbons (Fsp3) is 0.0769. The molecule has 84 valence electrons. The largest absolute Gasteiger partial charge is 0.219 e. The van der Waals surface area contributed by atoms with E-state index in [1.807, 2.05) is 0 Å². The number of sulfone groups is 1. The summed E-state index contributed by atoms with van der Waals surface area (Å²) in [6.07, 6.45) is 2.91. The van der Waals surface area contributed by atoms with Crippen LogP contribution in [-0.4, -0.2) is 8.42 Å². The van der Waals surface area contributed by atoms with Crippen LogP contribution in [0.1, 0.15) is 6.92 Å². The van der Waals surface area contributed by atoms with Gasteiger partial charge in [0, 0.05) is 0 Å². The highest BCUT2D eigenvalue weighted by Crippen LogP contribution is 2.23. The molecule has 0 amide bonds. The quantitative estimate of drug-likeness (QED) is 0.750. The van der Waals surface area contributed by atoms with Crippen molar-refractivity contribution in [3.05, 3.63) is 66.1 Å². The zero-order valence-electron chi connectivity index (χ0n) is 9.18. The molecule has 2 nitrogen and oxygen atoms in total. The molecule has 1 rings (SSSR count). The molecule has 16 heavy (non-hydrogen) atoms. The van der Waals surface area contributed by atoms with Crippen LogP contribution >= 0.6 is 0 Å². The van der Waals surface area contributed by atoms with E-state index in [1.165, 1.54) is 12.2 Å². The van der Waals surface area contributed by atoms with Crippen molar-refractivity contribution in [3.8, 4) is 0 Å². The van der Waals surface area contributed by atoms with Crippen LogP contribution in [-0.2, 0) is 9.84 Å². The van der Waals surface area contributed by atoms with Crippen LogP contribution < -0.4 is 0 Å². The first-order valence-electron chi connectivity index (χ1n) is 4.79. The van der Waals surface area contributed by atoms with E-state index >= 15 is 0 Å². The Balaban J connectivity index is 3.36. The van der Waals surface area contributed by atoms with E-state index in [0.717, 1.165) is 0 Å². The third kappa shape index (κ3) is 2.49. The standard InChI is InChI=1S/C13H14O2S/c1-4-8-13(11(2)3)16(14,15)12-9-6-5-7-10-12/h4-10H,1-2H2,3H3/b13-8+. The van der Waals surface area contributed by atoms with Gasteiger partial charge in [0.05, 0.1) is 9.80 Å². The molecule has 0 saturated heterocycles. The summed E-state index contributed by atoms with van der Waals surface area (Å²) >= 11 is 0. The highest BCUT2D eigenvalue weighted by molar-refractivity contribution is 7.95. The smallest absolute Gasteiger partial charge is 0.206 e. The molecule has 0 aliphatic heterocycles. The van der Waals surface area contributed by atoms with Crippen molar-refractivity contribution >= 4 is 9.84 Å². The lowest BCUT2D eigenvalue weighted by atomic mass is 10.3. The van der Waals surface area contributed by atoms with Gasteiger partial charge in [-0.25, -0.2) is 8.42 Å². The van der Waals surface area contributed by atoms with E-state index in [-0.39, 0.29) is 9.80 Å². The molecule has 0 saturated carbocycles. The van der Waals surface area contributed by atoms with Crippen molar-refractivity contribution in [3.63, 3.8) is 0 Å². The Bertz CT molecular complexity index is 522. The summed E-state index contributed by atoms with van der Waals surface area (Å²) in [5.74, 6) is 0. The molecule has 0 N–H and O–H groups in total. The summed E-state index contributed by atoms with van der Waals surface area (Å²) in [6.45, 7) is 8.84. The molecule has 0 heterocycles. The van der Waals surface area contributed by atoms with E-state index in [9.17, 15) is 8.42 Å². The van der Waals surface area contributed by atoms with Crippen LogP contribution in [0.25, 0.3) is 0 Å². The molecule has 0 spiro atoms. The number of hydrogen-bond donors (Lipinski definition) is 0. The van der Waals surface area contributed by atoms with E-state index in [1.54, 1.807) is 37.3 Å². The average molecular weight is 234 g/mol. The van der Waals surface area contributed by atoms with E-state index in [0.29, 0.717) is 5.57 Å². The van der Waals surface area contributed by atoms with Gasteiger partial charge in [0.25, 0.3) is 0 Å². The normalized spacial score (nSPS) is 12.2. The van der Waals surface area contributed by atoms with Crippen LogP contribution in [0.4, 0.5) is 0 Å². The van der Waals surface area contributed by atoms with Crippen LogP contribution in [0, 0.1) is 0 Å². The van der Waals surface area contributed by atoms with Gasteiger partial charge >= 0.3 is 0 Å². The molecule has 0 fully saturated rings. The van der Waals surface area contributed by atoms with Crippen molar-refractivity contribution in [2.45, 2.75) is 11.8 Å². The molecule has 0 bridgehead atoms. The molecule has 0 aliphatic rings. The molecule has 0 aliphatic carbocycles. The molecular weight excluding hydrogens is 220 g/mol. The summed E-state index contributed by atoms with van der Waals surface area (Å²) in [6, 6.07) is 8.29. The molecule has 0 aromatic heterocycles. The minimum atomic E-state index is -3.47. The first kappa shape index (κ1) is 12.5. The lowest BCUT2D eigenvalue weighted by Crippen LogP contribution is -2.05. The van der Waals surface area contributed by atoms with Gasteiger partial charge in [-0.2, -0.15) is 0 Å². The molecule has 3 heteroatoms. The second-order valence-corrected chi connectivity index (χ2v) is 5.28. The highest BCUT2D eigenvalue weighted by atomic mass is 32.2. The molecule has 0 unspecified atom stereocenters. The van der Waals surface area contributed by atoms with Crippen LogP contribution in [0.3, 0.4) is 0 Å². The maximum atomic E-state index is 12.2. The third-order valence-corrected chi connectivity index (χ3v) is 3.99. The lowest BCUT2D eigenvalue weighted by molar-refractivity contribution is 0.602. The van der Waals surface area contributed by atoms with Crippen molar-refractivity contribution in [2.75, 3.05) is 0 Å². The molecular formula is C13H14O2S. The zero-order valence-corrected chi connectivity index (χ0v) is 10.00. The van der Waals surface area contributed by atoms with Crippen LogP contribution in [0.15, 0.2) is 71.0 Å². The SMILES string of the molecule is C=C/C=C(\C(=C)C)S(=O)(=O)c1ccccc1. The Hall–Kier alpha value is -1.61. The first-order valence-corrected chi connectivity index (χ1v) is 6.27.